The van der Waals surface area contributed by atoms with Crippen molar-refractivity contribution in [3.05, 3.63) is 35.9 Å². The molecule has 1 amide bonds. The Labute approximate surface area is 177 Å². The number of nitrogens with zero attached hydrogens (tertiary/aromatic N) is 2. The lowest BCUT2D eigenvalue weighted by molar-refractivity contribution is -0.177. The van der Waals surface area contributed by atoms with Crippen molar-refractivity contribution in [2.24, 2.45) is 0 Å². The predicted molar refractivity (Wildman–Crippen MR) is 101 cm³/mol. The number of carbonyl (C=O) groups is 2. The number of benzene rings is 1. The van der Waals surface area contributed by atoms with Crippen LogP contribution in [0.25, 0.3) is 0 Å². The van der Waals surface area contributed by atoms with Crippen LogP contribution in [0, 0.1) is 11.3 Å². The first-order valence-corrected chi connectivity index (χ1v) is 9.46. The molecule has 0 unspecified atom stereocenters. The fourth-order valence-corrected chi connectivity index (χ4v) is 2.81. The smallest absolute Gasteiger partial charge is 0.437 e. The number of esters is 1. The summed E-state index contributed by atoms with van der Waals surface area (Å²) in [7, 11) is 0. The minimum atomic E-state index is -2.24. The second kappa shape index (κ2) is 10.7. The third kappa shape index (κ3) is 7.34. The minimum absolute atomic E-state index is 0.0972. The molecule has 28 heavy (non-hydrogen) atoms. The first kappa shape index (κ1) is 22.5. The Kier molecular flexibility index (Phi) is 8.60. The highest BCUT2D eigenvalue weighted by Gasteiger charge is 2.36. The average Bonchev–Trinajstić information content (AvgIpc) is 2.66. The molecule has 1 fully saturated rings. The van der Waals surface area contributed by atoms with Crippen molar-refractivity contribution in [2.75, 3.05) is 13.2 Å². The molecule has 152 valence electrons. The zero-order valence-electron chi connectivity index (χ0n) is 14.6. The number of hydrogen-bond acceptors (Lipinski definition) is 7. The highest BCUT2D eigenvalue weighted by molar-refractivity contribution is 6.66. The van der Waals surface area contributed by atoms with Crippen LogP contribution in [-0.4, -0.2) is 46.3 Å². The maximum atomic E-state index is 12.4. The van der Waals surface area contributed by atoms with E-state index in [0.717, 1.165) is 10.6 Å². The summed E-state index contributed by atoms with van der Waals surface area (Å²) in [6, 6.07) is 9.88. The summed E-state index contributed by atoms with van der Waals surface area (Å²) in [5, 5.41) is 12.4. The molecule has 1 aromatic carbocycles. The summed E-state index contributed by atoms with van der Waals surface area (Å²) < 4.78 is 7.33. The molecule has 0 spiro atoms. The molecule has 1 heterocycles. The van der Waals surface area contributed by atoms with Gasteiger partial charge in [0.15, 0.2) is 6.61 Å². The standard InChI is InChI=1S/C17H18Cl3N3O5/c18-17(19,20)28-16(25)23(27-11-12-4-2-1-3-5-12)13-6-7-14(22-10-13)15(24)26-9-8-21/h1-5,13-14,22H,6-7,9-11H2/t13-,14+/m1/s1. The fourth-order valence-electron chi connectivity index (χ4n) is 2.62. The van der Waals surface area contributed by atoms with Gasteiger partial charge in [-0.1, -0.05) is 30.3 Å². The van der Waals surface area contributed by atoms with Crippen molar-refractivity contribution in [1.29, 1.82) is 5.26 Å². The Morgan fingerprint density at radius 3 is 2.54 bits per heavy atom. The summed E-state index contributed by atoms with van der Waals surface area (Å²) in [6.07, 6.45) is -0.196. The maximum absolute atomic E-state index is 12.4. The molecule has 0 bridgehead atoms. The quantitative estimate of drug-likeness (QED) is 0.404. The monoisotopic (exact) mass is 449 g/mol. The van der Waals surface area contributed by atoms with Gasteiger partial charge in [0.25, 0.3) is 0 Å². The Morgan fingerprint density at radius 2 is 1.96 bits per heavy atom. The molecule has 2 rings (SSSR count). The van der Waals surface area contributed by atoms with E-state index in [9.17, 15) is 9.59 Å². The van der Waals surface area contributed by atoms with Gasteiger partial charge in [-0.05, 0) is 53.2 Å². The summed E-state index contributed by atoms with van der Waals surface area (Å²) in [5.74, 6) is -0.527. The number of amides is 1. The molecule has 1 N–H and O–H groups in total. The van der Waals surface area contributed by atoms with E-state index in [1.165, 1.54) is 0 Å². The lowest BCUT2D eigenvalue weighted by Gasteiger charge is -2.35. The number of piperidine rings is 1. The van der Waals surface area contributed by atoms with E-state index < -0.39 is 28.1 Å². The van der Waals surface area contributed by atoms with Crippen molar-refractivity contribution >= 4 is 46.9 Å². The van der Waals surface area contributed by atoms with Crippen LogP contribution in [0.1, 0.15) is 18.4 Å². The second-order valence-electron chi connectivity index (χ2n) is 5.86. The van der Waals surface area contributed by atoms with Gasteiger partial charge in [-0.25, -0.2) is 4.79 Å². The number of alkyl halides is 3. The molecule has 1 aromatic rings. The summed E-state index contributed by atoms with van der Waals surface area (Å²) in [5.41, 5.74) is 0.830. The third-order valence-electron chi connectivity index (χ3n) is 3.88. The van der Waals surface area contributed by atoms with Crippen molar-refractivity contribution in [1.82, 2.24) is 10.4 Å². The second-order valence-corrected chi connectivity index (χ2v) is 8.03. The molecule has 11 heteroatoms. The number of rotatable bonds is 6. The lowest BCUT2D eigenvalue weighted by atomic mass is 10.0. The SMILES string of the molecule is N#CCOC(=O)[C@@H]1CC[C@@H](N(OCc2ccccc2)C(=O)OC(Cl)(Cl)Cl)CN1. The van der Waals surface area contributed by atoms with Gasteiger partial charge in [0.1, 0.15) is 18.7 Å². The maximum Gasteiger partial charge on any atom is 0.437 e. The molecule has 1 saturated heterocycles. The topological polar surface area (TPSA) is 101 Å². The van der Waals surface area contributed by atoms with Crippen LogP contribution < -0.4 is 5.32 Å². The van der Waals surface area contributed by atoms with Crippen LogP contribution in [0.5, 0.6) is 0 Å². The van der Waals surface area contributed by atoms with E-state index in [1.807, 2.05) is 30.3 Å². The minimum Gasteiger partial charge on any atom is -0.449 e. The van der Waals surface area contributed by atoms with Gasteiger partial charge in [-0.2, -0.15) is 10.3 Å². The van der Waals surface area contributed by atoms with E-state index in [2.05, 4.69) is 5.32 Å². The summed E-state index contributed by atoms with van der Waals surface area (Å²) >= 11 is 16.6. The number of hydroxylamine groups is 2. The van der Waals surface area contributed by atoms with Gasteiger partial charge in [0, 0.05) is 6.54 Å². The van der Waals surface area contributed by atoms with Gasteiger partial charge in [-0.15, -0.1) is 0 Å². The number of carbonyl (C=O) groups excluding carboxylic acids is 2. The number of nitrogens with one attached hydrogen (secondary N) is 1. The Hall–Kier alpha value is -1.76. The van der Waals surface area contributed by atoms with Crippen molar-refractivity contribution < 1.29 is 23.9 Å². The predicted octanol–water partition coefficient (Wildman–Crippen LogP) is 3.07. The molecule has 0 aliphatic carbocycles. The molecule has 8 nitrogen and oxygen atoms in total. The lowest BCUT2D eigenvalue weighted by Crippen LogP contribution is -2.54. The molecule has 2 atom stereocenters. The Morgan fingerprint density at radius 1 is 1.25 bits per heavy atom. The van der Waals surface area contributed by atoms with Crippen LogP contribution in [0.2, 0.25) is 0 Å². The first-order valence-electron chi connectivity index (χ1n) is 8.33. The molecular formula is C17H18Cl3N3O5. The van der Waals surface area contributed by atoms with Gasteiger partial charge in [0.2, 0.25) is 0 Å². The van der Waals surface area contributed by atoms with E-state index in [1.54, 1.807) is 6.07 Å². The molecule has 1 aliphatic heterocycles. The number of ether oxygens (including phenoxy) is 2. The zero-order chi connectivity index (χ0) is 20.6. The molecule has 0 saturated carbocycles. The van der Waals surface area contributed by atoms with Crippen LogP contribution >= 0.6 is 34.8 Å². The van der Waals surface area contributed by atoms with E-state index >= 15 is 0 Å². The van der Waals surface area contributed by atoms with Gasteiger partial charge in [-0.3, -0.25) is 9.63 Å². The molecular weight excluding hydrogens is 433 g/mol. The van der Waals surface area contributed by atoms with E-state index in [0.29, 0.717) is 12.8 Å². The van der Waals surface area contributed by atoms with Gasteiger partial charge >= 0.3 is 16.0 Å². The molecule has 0 radical (unpaired) electrons. The zero-order valence-corrected chi connectivity index (χ0v) is 16.9. The third-order valence-corrected chi connectivity index (χ3v) is 4.11. The Bertz CT molecular complexity index is 700. The number of halogens is 3. The number of nitriles is 1. The number of hydrogen-bond donors (Lipinski definition) is 1. The first-order chi connectivity index (χ1) is 13.3. The van der Waals surface area contributed by atoms with Gasteiger partial charge in [0.05, 0.1) is 6.04 Å². The van der Waals surface area contributed by atoms with Crippen LogP contribution in [0.4, 0.5) is 4.79 Å². The van der Waals surface area contributed by atoms with Gasteiger partial charge < -0.3 is 14.8 Å². The average molecular weight is 451 g/mol. The molecule has 1 aliphatic rings. The van der Waals surface area contributed by atoms with Crippen LogP contribution in [-0.2, 0) is 25.7 Å². The van der Waals surface area contributed by atoms with E-state index in [-0.39, 0.29) is 19.8 Å². The fraction of sp³-hybridized carbons (Fsp3) is 0.471. The van der Waals surface area contributed by atoms with Crippen LogP contribution in [0.3, 0.4) is 0 Å². The largest absolute Gasteiger partial charge is 0.449 e. The van der Waals surface area contributed by atoms with Crippen molar-refractivity contribution in [2.45, 2.75) is 35.5 Å². The normalized spacial score (nSPS) is 19.4. The highest BCUT2D eigenvalue weighted by atomic mass is 35.6. The van der Waals surface area contributed by atoms with Crippen molar-refractivity contribution in [3.63, 3.8) is 0 Å². The van der Waals surface area contributed by atoms with E-state index in [4.69, 9.17) is 54.4 Å². The van der Waals surface area contributed by atoms with Crippen LogP contribution in [0.15, 0.2) is 30.3 Å². The summed E-state index contributed by atoms with van der Waals surface area (Å²) in [4.78, 5) is 29.9. The Balaban J connectivity index is 2.00. The summed E-state index contributed by atoms with van der Waals surface area (Å²) in [6.45, 7) is -0.00165. The highest BCUT2D eigenvalue weighted by Crippen LogP contribution is 2.29. The van der Waals surface area contributed by atoms with Crippen molar-refractivity contribution in [3.8, 4) is 6.07 Å². The molecule has 0 aromatic heterocycles.